The number of aromatic nitrogens is 2. The van der Waals surface area contributed by atoms with Crippen LogP contribution in [0.1, 0.15) is 74.6 Å². The largest absolute Gasteiger partial charge is 0.334 e. The van der Waals surface area contributed by atoms with Gasteiger partial charge < -0.3 is 4.57 Å². The molecule has 0 amide bonds. The van der Waals surface area contributed by atoms with E-state index in [-0.39, 0.29) is 0 Å². The van der Waals surface area contributed by atoms with Gasteiger partial charge in [0.1, 0.15) is 5.82 Å². The summed E-state index contributed by atoms with van der Waals surface area (Å²) < 4.78 is 2.45. The molecule has 0 spiro atoms. The lowest BCUT2D eigenvalue weighted by atomic mass is 10.0. The molecule has 1 aromatic heterocycles. The normalized spacial score (nSPS) is 28.1. The molecule has 2 fully saturated rings. The maximum absolute atomic E-state index is 5.08. The van der Waals surface area contributed by atoms with Crippen molar-refractivity contribution in [3.63, 3.8) is 0 Å². The van der Waals surface area contributed by atoms with Gasteiger partial charge in [-0.05, 0) is 57.9 Å². The van der Waals surface area contributed by atoms with Gasteiger partial charge in [0.15, 0.2) is 0 Å². The van der Waals surface area contributed by atoms with Crippen LogP contribution in [0.15, 0.2) is 0 Å². The van der Waals surface area contributed by atoms with Gasteiger partial charge in [0.25, 0.3) is 0 Å². The second-order valence-electron chi connectivity index (χ2n) is 6.96. The van der Waals surface area contributed by atoms with E-state index < -0.39 is 0 Å². The molecule has 0 aromatic carbocycles. The lowest BCUT2D eigenvalue weighted by Gasteiger charge is -2.30. The first-order valence-corrected chi connectivity index (χ1v) is 8.64. The maximum atomic E-state index is 5.08. The van der Waals surface area contributed by atoms with Gasteiger partial charge in [-0.15, -0.1) is 0 Å². The minimum atomic E-state index is 0.605. The smallest absolute Gasteiger partial charge is 0.126 e. The van der Waals surface area contributed by atoms with E-state index in [2.05, 4.69) is 16.5 Å². The maximum Gasteiger partial charge on any atom is 0.126 e. The van der Waals surface area contributed by atoms with Crippen molar-refractivity contribution < 1.29 is 0 Å². The standard InChI is InChI=1S/C17H27N3/c1-19-15-10-5-4-9-14(15)18-17(19)16-11-6-12-20(16)13-7-2-3-8-13/h13,16H,2-12H2,1H3. The zero-order valence-corrected chi connectivity index (χ0v) is 12.8. The summed E-state index contributed by atoms with van der Waals surface area (Å²) in [5, 5.41) is 0. The van der Waals surface area contributed by atoms with Crippen molar-refractivity contribution in [3.8, 4) is 0 Å². The summed E-state index contributed by atoms with van der Waals surface area (Å²) in [5.74, 6) is 1.38. The van der Waals surface area contributed by atoms with Crippen molar-refractivity contribution in [2.75, 3.05) is 6.54 Å². The van der Waals surface area contributed by atoms with Crippen LogP contribution < -0.4 is 0 Å². The van der Waals surface area contributed by atoms with Crippen LogP contribution in [0.4, 0.5) is 0 Å². The van der Waals surface area contributed by atoms with Gasteiger partial charge in [-0.2, -0.15) is 0 Å². The first kappa shape index (κ1) is 12.9. The predicted molar refractivity (Wildman–Crippen MR) is 80.8 cm³/mol. The Morgan fingerprint density at radius 3 is 2.55 bits per heavy atom. The Kier molecular flexibility index (Phi) is 3.33. The van der Waals surface area contributed by atoms with Crippen LogP contribution in [0.5, 0.6) is 0 Å². The second-order valence-corrected chi connectivity index (χ2v) is 6.96. The van der Waals surface area contributed by atoms with E-state index in [0.717, 1.165) is 6.04 Å². The van der Waals surface area contributed by atoms with Crippen molar-refractivity contribution in [1.29, 1.82) is 0 Å². The highest BCUT2D eigenvalue weighted by Crippen LogP contribution is 2.38. The summed E-state index contributed by atoms with van der Waals surface area (Å²) in [6.07, 6.45) is 13.5. The molecule has 1 saturated carbocycles. The Morgan fingerprint density at radius 2 is 1.75 bits per heavy atom. The topological polar surface area (TPSA) is 21.1 Å². The average molecular weight is 273 g/mol. The Morgan fingerprint density at radius 1 is 0.950 bits per heavy atom. The summed E-state index contributed by atoms with van der Waals surface area (Å²) in [5.41, 5.74) is 2.94. The fourth-order valence-corrected chi connectivity index (χ4v) is 4.74. The first-order valence-electron chi connectivity index (χ1n) is 8.64. The lowest BCUT2D eigenvalue weighted by molar-refractivity contribution is 0.174. The highest BCUT2D eigenvalue weighted by Gasteiger charge is 2.36. The van der Waals surface area contributed by atoms with Crippen molar-refractivity contribution in [2.24, 2.45) is 7.05 Å². The van der Waals surface area contributed by atoms with E-state index >= 15 is 0 Å². The van der Waals surface area contributed by atoms with Crippen LogP contribution in [-0.4, -0.2) is 27.0 Å². The third-order valence-corrected chi connectivity index (χ3v) is 5.79. The van der Waals surface area contributed by atoms with E-state index in [4.69, 9.17) is 4.98 Å². The van der Waals surface area contributed by atoms with Gasteiger partial charge in [0.05, 0.1) is 11.7 Å². The van der Waals surface area contributed by atoms with Gasteiger partial charge in [0.2, 0.25) is 0 Å². The van der Waals surface area contributed by atoms with Crippen molar-refractivity contribution in [1.82, 2.24) is 14.5 Å². The molecular formula is C17H27N3. The molecule has 1 aliphatic heterocycles. The van der Waals surface area contributed by atoms with Crippen LogP contribution >= 0.6 is 0 Å². The predicted octanol–water partition coefficient (Wildman–Crippen LogP) is 3.38. The highest BCUT2D eigenvalue weighted by atomic mass is 15.3. The number of fused-ring (bicyclic) bond motifs is 1. The molecule has 3 heteroatoms. The summed E-state index contributed by atoms with van der Waals surface area (Å²) in [4.78, 5) is 7.87. The Labute approximate surface area is 122 Å². The van der Waals surface area contributed by atoms with Crippen LogP contribution in [-0.2, 0) is 19.9 Å². The van der Waals surface area contributed by atoms with Crippen LogP contribution in [0.3, 0.4) is 0 Å². The number of hydrogen-bond acceptors (Lipinski definition) is 2. The molecule has 1 atom stereocenters. The van der Waals surface area contributed by atoms with Crippen molar-refractivity contribution >= 4 is 0 Å². The number of rotatable bonds is 2. The molecule has 2 aliphatic carbocycles. The molecule has 0 N–H and O–H groups in total. The molecule has 0 bridgehead atoms. The number of nitrogens with zero attached hydrogens (tertiary/aromatic N) is 3. The minimum Gasteiger partial charge on any atom is -0.334 e. The van der Waals surface area contributed by atoms with Crippen LogP contribution in [0.25, 0.3) is 0 Å². The molecule has 1 unspecified atom stereocenters. The molecule has 3 nitrogen and oxygen atoms in total. The van der Waals surface area contributed by atoms with Gasteiger partial charge in [-0.25, -0.2) is 4.98 Å². The van der Waals surface area contributed by atoms with E-state index in [0.29, 0.717) is 6.04 Å². The Balaban J connectivity index is 1.64. The van der Waals surface area contributed by atoms with E-state index in [1.165, 1.54) is 88.0 Å². The minimum absolute atomic E-state index is 0.605. The number of hydrogen-bond donors (Lipinski definition) is 0. The number of likely N-dealkylation sites (tertiary alicyclic amines) is 1. The zero-order chi connectivity index (χ0) is 13.5. The molecule has 2 heterocycles. The highest BCUT2D eigenvalue weighted by molar-refractivity contribution is 5.22. The summed E-state index contributed by atoms with van der Waals surface area (Å²) >= 11 is 0. The molecule has 1 saturated heterocycles. The summed E-state index contributed by atoms with van der Waals surface area (Å²) in [6.45, 7) is 1.30. The van der Waals surface area contributed by atoms with Crippen molar-refractivity contribution in [2.45, 2.75) is 76.3 Å². The van der Waals surface area contributed by atoms with Crippen LogP contribution in [0.2, 0.25) is 0 Å². The van der Waals surface area contributed by atoms with Gasteiger partial charge >= 0.3 is 0 Å². The molecule has 110 valence electrons. The Hall–Kier alpha value is -0.830. The summed E-state index contributed by atoms with van der Waals surface area (Å²) in [6, 6.07) is 1.45. The zero-order valence-electron chi connectivity index (χ0n) is 12.8. The van der Waals surface area contributed by atoms with E-state index in [1.54, 1.807) is 0 Å². The summed E-state index contributed by atoms with van der Waals surface area (Å²) in [7, 11) is 2.26. The molecule has 3 aliphatic rings. The second kappa shape index (κ2) is 5.18. The van der Waals surface area contributed by atoms with Gasteiger partial charge in [0, 0.05) is 18.8 Å². The van der Waals surface area contributed by atoms with Crippen LogP contribution in [0, 0.1) is 0 Å². The first-order chi connectivity index (χ1) is 9.84. The monoisotopic (exact) mass is 273 g/mol. The van der Waals surface area contributed by atoms with E-state index in [9.17, 15) is 0 Å². The fraction of sp³-hybridized carbons (Fsp3) is 0.824. The van der Waals surface area contributed by atoms with E-state index in [1.807, 2.05) is 0 Å². The van der Waals surface area contributed by atoms with Crippen molar-refractivity contribution in [3.05, 3.63) is 17.2 Å². The quantitative estimate of drug-likeness (QED) is 0.823. The lowest BCUT2D eigenvalue weighted by Crippen LogP contribution is -2.33. The fourth-order valence-electron chi connectivity index (χ4n) is 4.74. The Bertz CT molecular complexity index is 485. The molecule has 1 aromatic rings. The SMILES string of the molecule is Cn1c(C2CCCN2C2CCCC2)nc2c1CCCC2. The molecule has 0 radical (unpaired) electrons. The molecule has 4 rings (SSSR count). The average Bonchev–Trinajstić information content (AvgIpc) is 3.17. The number of imidazole rings is 1. The van der Waals surface area contributed by atoms with Gasteiger partial charge in [-0.1, -0.05) is 12.8 Å². The number of aryl methyl sites for hydroxylation is 1. The third kappa shape index (κ3) is 2.02. The van der Waals surface area contributed by atoms with Gasteiger partial charge in [-0.3, -0.25) is 4.90 Å². The molecular weight excluding hydrogens is 246 g/mol. The third-order valence-electron chi connectivity index (χ3n) is 5.79. The molecule has 20 heavy (non-hydrogen) atoms.